The molecule has 5 aromatic rings. The molecule has 2 fully saturated rings. The Kier molecular flexibility index (Phi) is 10.0. The first-order valence-corrected chi connectivity index (χ1v) is 18.0. The van der Waals surface area contributed by atoms with Crippen molar-refractivity contribution in [1.29, 1.82) is 0 Å². The van der Waals surface area contributed by atoms with Gasteiger partial charge in [-0.05, 0) is 84.1 Å². The summed E-state index contributed by atoms with van der Waals surface area (Å²) in [5.41, 5.74) is 5.17. The Balaban J connectivity index is 0.886. The van der Waals surface area contributed by atoms with Gasteiger partial charge in [-0.3, -0.25) is 29.2 Å². The number of imidazole rings is 1. The maximum atomic E-state index is 12.9. The number of anilines is 1. The van der Waals surface area contributed by atoms with Gasteiger partial charge in [0.1, 0.15) is 17.1 Å². The second kappa shape index (κ2) is 15.0. The van der Waals surface area contributed by atoms with E-state index in [1.807, 2.05) is 44.4 Å². The fourth-order valence-electron chi connectivity index (χ4n) is 6.71. The number of benzene rings is 2. The molecule has 2 saturated heterocycles. The number of pyridine rings is 1. The predicted octanol–water partition coefficient (Wildman–Crippen LogP) is 4.65. The highest BCUT2D eigenvalue weighted by Gasteiger charge is 2.28. The van der Waals surface area contributed by atoms with Crippen molar-refractivity contribution in [2.24, 2.45) is 7.05 Å². The highest BCUT2D eigenvalue weighted by molar-refractivity contribution is 9.10. The van der Waals surface area contributed by atoms with Crippen LogP contribution in [0.25, 0.3) is 22.6 Å². The van der Waals surface area contributed by atoms with Crippen molar-refractivity contribution in [2.75, 3.05) is 24.5 Å². The van der Waals surface area contributed by atoms with Crippen molar-refractivity contribution in [2.45, 2.75) is 51.0 Å². The van der Waals surface area contributed by atoms with Crippen molar-refractivity contribution in [3.05, 3.63) is 82.2 Å². The molecule has 0 spiro atoms. The number of carbonyl (C=O) groups is 4. The molecule has 14 nitrogen and oxygen atoms in total. The lowest BCUT2D eigenvalue weighted by Crippen LogP contribution is -2.48. The smallest absolute Gasteiger partial charge is 0.251 e. The number of hydrogen-bond acceptors (Lipinski definition) is 9. The number of nitrogens with zero attached hydrogens (tertiary/aromatic N) is 5. The standard InChI is InChI=1S/C37H38BrN9O5/c1-21-28(20-46(2)45-21)34-43-32-33(29(38)18-40-35(32)44-34)52-26-11-7-23(8-12-26)36(50)39-16-15-31(49)41-24-4-3-17-47(19-24)25-9-5-22(6-10-25)27-13-14-30(48)42-37(27)51/h5-12,18,20,24,27H,3-4,13-17,19H2,1-2H3,(H,39,50)(H,41,49)(H,40,43,44)(H,42,48,51)/t24?,27-/m0/s1. The Bertz CT molecular complexity index is 2150. The van der Waals surface area contributed by atoms with Crippen LogP contribution in [0.15, 0.2) is 65.4 Å². The van der Waals surface area contributed by atoms with Gasteiger partial charge in [0.15, 0.2) is 11.4 Å². The summed E-state index contributed by atoms with van der Waals surface area (Å²) in [6.45, 7) is 3.64. The van der Waals surface area contributed by atoms with Gasteiger partial charge in [-0.15, -0.1) is 0 Å². The lowest BCUT2D eigenvalue weighted by Gasteiger charge is -2.35. The molecule has 268 valence electrons. The van der Waals surface area contributed by atoms with E-state index in [1.165, 1.54) is 0 Å². The SMILES string of the molecule is Cc1nn(C)cc1-c1nc2ncc(Br)c(Oc3ccc(C(=O)NCCC(=O)NC4CCCN(c5ccc([C@@H]6CCC(=O)NC6=O)cc5)C4)cc3)c2[nH]1. The molecule has 1 unspecified atom stereocenters. The van der Waals surface area contributed by atoms with Gasteiger partial charge in [0.25, 0.3) is 5.91 Å². The summed E-state index contributed by atoms with van der Waals surface area (Å²) in [6, 6.07) is 14.6. The molecule has 4 N–H and O–H groups in total. The number of imide groups is 1. The number of H-pyrrole nitrogens is 1. The number of halogens is 1. The number of fused-ring (bicyclic) bond motifs is 1. The Morgan fingerprint density at radius 1 is 1.08 bits per heavy atom. The molecule has 0 radical (unpaired) electrons. The van der Waals surface area contributed by atoms with E-state index in [1.54, 1.807) is 35.1 Å². The topological polar surface area (TPSA) is 176 Å². The van der Waals surface area contributed by atoms with Gasteiger partial charge in [-0.25, -0.2) is 9.97 Å². The fraction of sp³-hybridized carbons (Fsp3) is 0.324. The van der Waals surface area contributed by atoms with Gasteiger partial charge in [0.2, 0.25) is 17.7 Å². The number of aryl methyl sites for hydroxylation is 2. The van der Waals surface area contributed by atoms with Crippen LogP contribution in [0.3, 0.4) is 0 Å². The van der Waals surface area contributed by atoms with E-state index >= 15 is 0 Å². The van der Waals surface area contributed by atoms with Crippen molar-refractivity contribution < 1.29 is 23.9 Å². The summed E-state index contributed by atoms with van der Waals surface area (Å²) in [7, 11) is 1.85. The molecular weight excluding hydrogens is 730 g/mol. The molecule has 3 aromatic heterocycles. The van der Waals surface area contributed by atoms with Gasteiger partial charge in [-0.2, -0.15) is 5.10 Å². The molecule has 0 bridgehead atoms. The first-order chi connectivity index (χ1) is 25.1. The van der Waals surface area contributed by atoms with Crippen LogP contribution in [-0.2, 0) is 21.4 Å². The molecule has 15 heteroatoms. The monoisotopic (exact) mass is 767 g/mol. The highest BCUT2D eigenvalue weighted by atomic mass is 79.9. The third-order valence-corrected chi connectivity index (χ3v) is 9.92. The predicted molar refractivity (Wildman–Crippen MR) is 197 cm³/mol. The van der Waals surface area contributed by atoms with Crippen LogP contribution in [0.2, 0.25) is 0 Å². The molecule has 2 aromatic carbocycles. The lowest BCUT2D eigenvalue weighted by atomic mass is 9.90. The lowest BCUT2D eigenvalue weighted by molar-refractivity contribution is -0.134. The number of amides is 4. The molecular formula is C37H38BrN9O5. The van der Waals surface area contributed by atoms with Crippen LogP contribution in [0, 0.1) is 6.92 Å². The minimum absolute atomic E-state index is 0.0196. The Morgan fingerprint density at radius 3 is 2.60 bits per heavy atom. The van der Waals surface area contributed by atoms with E-state index in [9.17, 15) is 19.2 Å². The summed E-state index contributed by atoms with van der Waals surface area (Å²) in [5.74, 6) is 0.455. The van der Waals surface area contributed by atoms with Gasteiger partial charge in [0.05, 0.1) is 21.6 Å². The van der Waals surface area contributed by atoms with Gasteiger partial charge in [-0.1, -0.05) is 12.1 Å². The van der Waals surface area contributed by atoms with Crippen molar-refractivity contribution >= 4 is 56.4 Å². The van der Waals surface area contributed by atoms with Crippen molar-refractivity contribution in [3.63, 3.8) is 0 Å². The Morgan fingerprint density at radius 2 is 1.87 bits per heavy atom. The number of rotatable bonds is 10. The van der Waals surface area contributed by atoms with Gasteiger partial charge >= 0.3 is 0 Å². The average molecular weight is 769 g/mol. The number of ether oxygens (including phenoxy) is 1. The summed E-state index contributed by atoms with van der Waals surface area (Å²) >= 11 is 3.53. The number of aromatic nitrogens is 5. The molecule has 2 aliphatic heterocycles. The van der Waals surface area contributed by atoms with Crippen LogP contribution in [0.5, 0.6) is 11.5 Å². The fourth-order valence-corrected chi connectivity index (χ4v) is 7.09. The molecule has 2 aliphatic rings. The van der Waals surface area contributed by atoms with E-state index in [-0.39, 0.29) is 48.6 Å². The summed E-state index contributed by atoms with van der Waals surface area (Å²) < 4.78 is 8.58. The number of aromatic amines is 1. The Labute approximate surface area is 307 Å². The van der Waals surface area contributed by atoms with Gasteiger partial charge in [0, 0.05) is 69.2 Å². The van der Waals surface area contributed by atoms with Gasteiger partial charge < -0.3 is 25.3 Å². The molecule has 4 amide bonds. The molecule has 2 atom stereocenters. The molecule has 7 rings (SSSR count). The van der Waals surface area contributed by atoms with Crippen LogP contribution < -0.4 is 25.6 Å². The molecule has 0 saturated carbocycles. The van der Waals surface area contributed by atoms with Crippen LogP contribution >= 0.6 is 15.9 Å². The van der Waals surface area contributed by atoms with E-state index in [4.69, 9.17) is 4.74 Å². The van der Waals surface area contributed by atoms with E-state index < -0.39 is 0 Å². The number of nitrogens with one attached hydrogen (secondary N) is 4. The number of piperidine rings is 2. The molecule has 0 aliphatic carbocycles. The minimum atomic E-state index is -0.319. The van der Waals surface area contributed by atoms with E-state index in [2.05, 4.69) is 56.8 Å². The summed E-state index contributed by atoms with van der Waals surface area (Å²) in [4.78, 5) is 64.0. The first-order valence-electron chi connectivity index (χ1n) is 17.2. The minimum Gasteiger partial charge on any atom is -0.454 e. The zero-order chi connectivity index (χ0) is 36.4. The van der Waals surface area contributed by atoms with E-state index in [0.717, 1.165) is 41.9 Å². The second-order valence-corrected chi connectivity index (χ2v) is 14.0. The molecule has 52 heavy (non-hydrogen) atoms. The zero-order valence-corrected chi connectivity index (χ0v) is 30.3. The number of carbonyl (C=O) groups excluding carboxylic acids is 4. The Hall–Kier alpha value is -5.57. The summed E-state index contributed by atoms with van der Waals surface area (Å²) in [5, 5.41) is 12.8. The second-order valence-electron chi connectivity index (χ2n) is 13.1. The largest absolute Gasteiger partial charge is 0.454 e. The van der Waals surface area contributed by atoms with Crippen LogP contribution in [0.1, 0.15) is 59.6 Å². The third-order valence-electron chi connectivity index (χ3n) is 9.36. The summed E-state index contributed by atoms with van der Waals surface area (Å²) in [6.07, 6.45) is 6.32. The normalized spacial score (nSPS) is 17.6. The van der Waals surface area contributed by atoms with Crippen LogP contribution in [0.4, 0.5) is 5.69 Å². The van der Waals surface area contributed by atoms with Crippen LogP contribution in [-0.4, -0.2) is 74.0 Å². The first kappa shape index (κ1) is 34.9. The quantitative estimate of drug-likeness (QED) is 0.148. The maximum Gasteiger partial charge on any atom is 0.251 e. The molecule has 5 heterocycles. The highest BCUT2D eigenvalue weighted by Crippen LogP contribution is 2.36. The van der Waals surface area contributed by atoms with Crippen molar-refractivity contribution in [1.82, 2.24) is 40.7 Å². The third kappa shape index (κ3) is 7.68. The average Bonchev–Trinajstić information content (AvgIpc) is 3.72. The zero-order valence-electron chi connectivity index (χ0n) is 28.7. The maximum absolute atomic E-state index is 12.9. The number of hydrogen-bond donors (Lipinski definition) is 4. The van der Waals surface area contributed by atoms with Crippen molar-refractivity contribution in [3.8, 4) is 22.9 Å². The van der Waals surface area contributed by atoms with E-state index in [0.29, 0.717) is 57.9 Å².